The first-order valence-electron chi connectivity index (χ1n) is 22.8. The Bertz CT molecular complexity index is 3000. The summed E-state index contributed by atoms with van der Waals surface area (Å²) >= 11 is 12.0. The van der Waals surface area contributed by atoms with Crippen LogP contribution in [0.25, 0.3) is 0 Å². The topological polar surface area (TPSA) is 207 Å². The van der Waals surface area contributed by atoms with Crippen molar-refractivity contribution >= 4 is 81.5 Å². The van der Waals surface area contributed by atoms with E-state index in [1.165, 1.54) is 46.9 Å². The van der Waals surface area contributed by atoms with Crippen LogP contribution in [0.2, 0.25) is 10.0 Å². The highest BCUT2D eigenvalue weighted by Crippen LogP contribution is 2.47. The van der Waals surface area contributed by atoms with E-state index in [1.807, 2.05) is 0 Å². The molecule has 15 nitrogen and oxygen atoms in total. The molecule has 2 aromatic heterocycles. The first-order chi connectivity index (χ1) is 33.6. The van der Waals surface area contributed by atoms with Crippen LogP contribution in [0.1, 0.15) is 127 Å². The van der Waals surface area contributed by atoms with Crippen molar-refractivity contribution in [2.75, 3.05) is 17.7 Å². The molecule has 23 heteroatoms. The summed E-state index contributed by atoms with van der Waals surface area (Å²) in [5.41, 5.74) is -1.47. The summed E-state index contributed by atoms with van der Waals surface area (Å²) in [6.07, 6.45) is -1.61. The SMILES string of the molecule is CCC(=O)C1(NC(=O)C(=O)c2c(C)c(C(=O)Nc3cc(F)c(C)c(Cl)c3)n3c2CCC3)CC(F)(F)C1.CNC(=O)C1(NC(=O)C(=O)c2c(C)c(C(=O)Nc3ccc(C)c(Cl)c3F)n3c2CCC3)CC(F)(F)C1. The number of amides is 5. The normalized spacial score (nSPS) is 17.1. The Labute approximate surface area is 418 Å². The van der Waals surface area contributed by atoms with Crippen molar-refractivity contribution in [1.29, 1.82) is 0 Å². The second-order valence-corrected chi connectivity index (χ2v) is 19.4. The third kappa shape index (κ3) is 9.64. The predicted octanol–water partition coefficient (Wildman–Crippen LogP) is 7.85. The summed E-state index contributed by atoms with van der Waals surface area (Å²) in [6, 6.07) is 5.44. The van der Waals surface area contributed by atoms with E-state index in [1.54, 1.807) is 22.1 Å². The van der Waals surface area contributed by atoms with Gasteiger partial charge in [-0.1, -0.05) is 36.2 Å². The lowest BCUT2D eigenvalue weighted by Gasteiger charge is -2.46. The number of aromatic nitrogens is 2. The number of anilines is 2. The standard InChI is InChI=1S/C25H25ClF3N3O4.C24H24ClF3N4O4/c1-4-18(33)24(10-25(28,29)11-24)31-23(36)21(34)19-13(3)20(32-7-5-6-17(19)32)22(35)30-14-8-15(26)12(2)16(27)9-14;1-11-6-7-13(17(26)16(11)25)30-20(34)18-12(2)15(14-5-4-8-32(14)18)19(33)21(35)31-23(22(36)29-3)9-24(27,28)10-23/h8-9H,4-7,10-11H2,1-3H3,(H,30,35)(H,31,36);6-7H,4-5,8-10H2,1-3H3,(H,29,36)(H,30,34)(H,31,35). The highest BCUT2D eigenvalue weighted by Gasteiger charge is 2.63. The van der Waals surface area contributed by atoms with E-state index in [0.29, 0.717) is 55.7 Å². The maximum Gasteiger partial charge on any atom is 0.293 e. The van der Waals surface area contributed by atoms with Crippen LogP contribution in [0.3, 0.4) is 0 Å². The fourth-order valence-corrected chi connectivity index (χ4v) is 10.5. The summed E-state index contributed by atoms with van der Waals surface area (Å²) in [5.74, 6) is -14.8. The van der Waals surface area contributed by atoms with Crippen molar-refractivity contribution in [1.82, 2.24) is 25.1 Å². The molecule has 2 aromatic carbocycles. The smallest absolute Gasteiger partial charge is 0.293 e. The van der Waals surface area contributed by atoms with E-state index >= 15 is 0 Å². The minimum absolute atomic E-state index is 0.00782. The lowest BCUT2D eigenvalue weighted by molar-refractivity contribution is -0.164. The third-order valence-corrected chi connectivity index (χ3v) is 14.5. The number of likely N-dealkylation sites (N-methyl/N-ethyl adjacent to an activating group) is 1. The van der Waals surface area contributed by atoms with Gasteiger partial charge in [-0.25, -0.2) is 26.3 Å². The lowest BCUT2D eigenvalue weighted by Crippen LogP contribution is -2.69. The average molecular weight is 1050 g/mol. The lowest BCUT2D eigenvalue weighted by atomic mass is 9.69. The Hall–Kier alpha value is -6.48. The zero-order valence-electron chi connectivity index (χ0n) is 39.8. The van der Waals surface area contributed by atoms with Gasteiger partial charge in [0, 0.05) is 79.9 Å². The molecule has 2 aliphatic heterocycles. The Morgan fingerprint density at radius 1 is 0.667 bits per heavy atom. The van der Waals surface area contributed by atoms with E-state index in [2.05, 4.69) is 26.6 Å². The van der Waals surface area contributed by atoms with E-state index in [-0.39, 0.29) is 67.0 Å². The van der Waals surface area contributed by atoms with Crippen molar-refractivity contribution in [2.24, 2.45) is 0 Å². The zero-order valence-corrected chi connectivity index (χ0v) is 41.3. The number of ketones is 3. The van der Waals surface area contributed by atoms with Gasteiger partial charge in [0.15, 0.2) is 11.6 Å². The molecule has 4 heterocycles. The number of nitrogens with zero attached hydrogens (tertiary/aromatic N) is 2. The Morgan fingerprint density at radius 3 is 1.60 bits per heavy atom. The molecule has 0 bridgehead atoms. The van der Waals surface area contributed by atoms with Gasteiger partial charge in [-0.15, -0.1) is 0 Å². The van der Waals surface area contributed by atoms with Crippen molar-refractivity contribution in [3.05, 3.63) is 102 Å². The molecule has 72 heavy (non-hydrogen) atoms. The zero-order chi connectivity index (χ0) is 53.2. The van der Waals surface area contributed by atoms with Crippen molar-refractivity contribution in [2.45, 2.75) is 128 Å². The molecule has 8 rings (SSSR count). The number of rotatable bonds is 13. The van der Waals surface area contributed by atoms with Crippen molar-refractivity contribution < 1.29 is 64.7 Å². The molecule has 2 fully saturated rings. The molecule has 5 N–H and O–H groups in total. The van der Waals surface area contributed by atoms with Gasteiger partial charge in [-0.3, -0.25) is 38.4 Å². The molecule has 0 saturated heterocycles. The number of fused-ring (bicyclic) bond motifs is 2. The number of benzene rings is 2. The van der Waals surface area contributed by atoms with Crippen LogP contribution < -0.4 is 26.6 Å². The van der Waals surface area contributed by atoms with Crippen LogP contribution in [0.15, 0.2) is 24.3 Å². The van der Waals surface area contributed by atoms with E-state index in [0.717, 1.165) is 6.07 Å². The number of carbonyl (C=O) groups excluding carboxylic acids is 8. The van der Waals surface area contributed by atoms with Gasteiger partial charge in [-0.2, -0.15) is 0 Å². The molecule has 4 aliphatic rings. The fraction of sp³-hybridized carbons (Fsp3) is 0.429. The highest BCUT2D eigenvalue weighted by molar-refractivity contribution is 6.45. The summed E-state index contributed by atoms with van der Waals surface area (Å²) in [5, 5.41) is 11.7. The van der Waals surface area contributed by atoms with Gasteiger partial charge in [0.05, 0.1) is 21.8 Å². The van der Waals surface area contributed by atoms with Gasteiger partial charge in [-0.05, 0) is 88.3 Å². The maximum absolute atomic E-state index is 14.6. The fourth-order valence-electron chi connectivity index (χ4n) is 10.1. The van der Waals surface area contributed by atoms with Crippen LogP contribution in [0.4, 0.5) is 37.7 Å². The third-order valence-electron chi connectivity index (χ3n) is 13.6. The van der Waals surface area contributed by atoms with E-state index < -0.39 is 107 Å². The number of aryl methyl sites for hydroxylation is 1. The minimum Gasteiger partial charge on any atom is -0.357 e. The second kappa shape index (κ2) is 19.5. The quantitative estimate of drug-likeness (QED) is 0.0505. The molecule has 384 valence electrons. The van der Waals surface area contributed by atoms with Crippen LogP contribution in [-0.2, 0) is 45.1 Å². The van der Waals surface area contributed by atoms with Gasteiger partial charge in [0.1, 0.15) is 28.3 Å². The monoisotopic (exact) mass is 1050 g/mol. The van der Waals surface area contributed by atoms with Crippen LogP contribution in [0, 0.1) is 39.3 Å². The van der Waals surface area contributed by atoms with Crippen LogP contribution >= 0.6 is 23.2 Å². The van der Waals surface area contributed by atoms with Crippen LogP contribution in [-0.4, -0.2) is 86.0 Å². The maximum atomic E-state index is 14.6. The Balaban J connectivity index is 0.000000211. The number of Topliss-reactive ketones (excluding diaryl/α,β-unsaturated/α-hetero) is 3. The van der Waals surface area contributed by atoms with Crippen LogP contribution in [0.5, 0.6) is 0 Å². The van der Waals surface area contributed by atoms with Gasteiger partial charge in [0.25, 0.3) is 47.0 Å². The molecule has 0 atom stereocenters. The molecular weight excluding hydrogens is 999 g/mol. The van der Waals surface area contributed by atoms with Crippen molar-refractivity contribution in [3.8, 4) is 0 Å². The molecule has 0 spiro atoms. The van der Waals surface area contributed by atoms with Gasteiger partial charge < -0.3 is 35.7 Å². The van der Waals surface area contributed by atoms with Gasteiger partial charge >= 0.3 is 0 Å². The highest BCUT2D eigenvalue weighted by atomic mass is 35.5. The number of alkyl halides is 4. The molecule has 0 radical (unpaired) electrons. The summed E-state index contributed by atoms with van der Waals surface area (Å²) in [7, 11) is 1.24. The van der Waals surface area contributed by atoms with E-state index in [4.69, 9.17) is 23.2 Å². The van der Waals surface area contributed by atoms with Crippen molar-refractivity contribution in [3.63, 3.8) is 0 Å². The molecule has 2 aliphatic carbocycles. The second-order valence-electron chi connectivity index (χ2n) is 18.6. The molecular formula is C49H49Cl2F6N7O8. The molecule has 5 amide bonds. The van der Waals surface area contributed by atoms with E-state index in [9.17, 15) is 64.7 Å². The Morgan fingerprint density at radius 2 is 1.14 bits per heavy atom. The number of hydrogen-bond donors (Lipinski definition) is 5. The largest absolute Gasteiger partial charge is 0.357 e. The molecule has 2 saturated carbocycles. The summed E-state index contributed by atoms with van der Waals surface area (Å²) in [6.45, 7) is 8.40. The predicted molar refractivity (Wildman–Crippen MR) is 251 cm³/mol. The summed E-state index contributed by atoms with van der Waals surface area (Å²) < 4.78 is 86.3. The molecule has 4 aromatic rings. The number of hydrogen-bond acceptors (Lipinski definition) is 8. The average Bonchev–Trinajstić information content (AvgIpc) is 4.07. The first kappa shape index (κ1) is 53.3. The number of carbonyl (C=O) groups is 8. The number of halogens is 8. The Kier molecular flexibility index (Phi) is 14.4. The first-order valence-corrected chi connectivity index (χ1v) is 23.6. The van der Waals surface area contributed by atoms with Gasteiger partial charge in [0.2, 0.25) is 5.91 Å². The summed E-state index contributed by atoms with van der Waals surface area (Å²) in [4.78, 5) is 103. The minimum atomic E-state index is -3.14. The molecule has 0 unspecified atom stereocenters. The number of nitrogens with one attached hydrogen (secondary N) is 5.